The summed E-state index contributed by atoms with van der Waals surface area (Å²) in [7, 11) is 0. The average Bonchev–Trinajstić information content (AvgIpc) is 3.01. The van der Waals surface area contributed by atoms with Crippen molar-refractivity contribution >= 4 is 22.8 Å². The molecule has 1 aromatic heterocycles. The Hall–Kier alpha value is -2.70. The second-order valence-corrected chi connectivity index (χ2v) is 6.65. The molecule has 3 rings (SSSR count). The summed E-state index contributed by atoms with van der Waals surface area (Å²) in [6.07, 6.45) is 0.769. The molecule has 0 atom stereocenters. The number of aryl methyl sites for hydroxylation is 1. The lowest BCUT2D eigenvalue weighted by Gasteiger charge is -2.06. The van der Waals surface area contributed by atoms with Crippen LogP contribution in [-0.2, 0) is 6.42 Å². The highest BCUT2D eigenvalue weighted by Crippen LogP contribution is 2.43. The van der Waals surface area contributed by atoms with Gasteiger partial charge in [-0.25, -0.2) is 4.85 Å². The van der Waals surface area contributed by atoms with Crippen LogP contribution < -0.4 is 0 Å². The number of benzene rings is 2. The molecule has 0 aliphatic carbocycles. The van der Waals surface area contributed by atoms with Crippen molar-refractivity contribution in [1.82, 2.24) is 0 Å². The van der Waals surface area contributed by atoms with Crippen LogP contribution in [0.2, 0.25) is 0 Å². The van der Waals surface area contributed by atoms with Gasteiger partial charge in [-0.05, 0) is 30.0 Å². The van der Waals surface area contributed by atoms with E-state index in [0.717, 1.165) is 33.6 Å². The summed E-state index contributed by atoms with van der Waals surface area (Å²) < 4.78 is 0. The first-order chi connectivity index (χ1) is 11.7. The second-order valence-electron chi connectivity index (χ2n) is 5.54. The Morgan fingerprint density at radius 3 is 2.12 bits per heavy atom. The minimum Gasteiger partial charge on any atom is -0.294 e. The molecule has 2 nitrogen and oxygen atoms in total. The molecule has 24 heavy (non-hydrogen) atoms. The average molecular weight is 331 g/mol. The number of carbonyl (C=O) groups excluding carboxylic acids is 1. The van der Waals surface area contributed by atoms with Gasteiger partial charge in [0.1, 0.15) is 0 Å². The predicted molar refractivity (Wildman–Crippen MR) is 101 cm³/mol. The highest BCUT2D eigenvalue weighted by atomic mass is 32.1. The van der Waals surface area contributed by atoms with E-state index in [2.05, 4.69) is 17.0 Å². The van der Waals surface area contributed by atoms with Gasteiger partial charge in [0, 0.05) is 10.4 Å². The molecule has 0 saturated heterocycles. The zero-order chi connectivity index (χ0) is 17.1. The highest BCUT2D eigenvalue weighted by Gasteiger charge is 2.21. The maximum atomic E-state index is 12.0. The molecule has 0 aliphatic heterocycles. The molecule has 0 bridgehead atoms. The van der Waals surface area contributed by atoms with Crippen LogP contribution in [0.25, 0.3) is 27.1 Å². The van der Waals surface area contributed by atoms with E-state index < -0.39 is 0 Å². The van der Waals surface area contributed by atoms with E-state index in [0.29, 0.717) is 10.6 Å². The summed E-state index contributed by atoms with van der Waals surface area (Å²) in [5, 5.41) is 0. The van der Waals surface area contributed by atoms with Crippen LogP contribution in [0.1, 0.15) is 28.4 Å². The number of rotatable bonds is 4. The molecule has 0 spiro atoms. The quantitative estimate of drug-likeness (QED) is 0.400. The Balaban J connectivity index is 2.11. The molecule has 0 radical (unpaired) electrons. The van der Waals surface area contributed by atoms with Gasteiger partial charge in [0.2, 0.25) is 5.69 Å². The van der Waals surface area contributed by atoms with Gasteiger partial charge >= 0.3 is 0 Å². The van der Waals surface area contributed by atoms with Crippen molar-refractivity contribution < 1.29 is 4.79 Å². The molecule has 3 aromatic rings. The fourth-order valence-electron chi connectivity index (χ4n) is 2.80. The molecule has 0 amide bonds. The van der Waals surface area contributed by atoms with Gasteiger partial charge in [-0.3, -0.25) is 4.79 Å². The molecule has 0 aliphatic rings. The van der Waals surface area contributed by atoms with Gasteiger partial charge in [0.25, 0.3) is 0 Å². The first kappa shape index (κ1) is 16.2. The SMILES string of the molecule is [C-]#[N+]c1c(CC)sc(C(C)=O)c1-c1ccc(-c2ccccc2)cc1. The van der Waals surface area contributed by atoms with Crippen LogP contribution in [-0.4, -0.2) is 5.78 Å². The van der Waals surface area contributed by atoms with Crippen LogP contribution in [0, 0.1) is 6.57 Å². The van der Waals surface area contributed by atoms with Gasteiger partial charge in [-0.1, -0.05) is 61.5 Å². The third kappa shape index (κ3) is 2.89. The summed E-state index contributed by atoms with van der Waals surface area (Å²) >= 11 is 1.45. The lowest BCUT2D eigenvalue weighted by Crippen LogP contribution is -1.90. The van der Waals surface area contributed by atoms with Gasteiger partial charge in [-0.15, -0.1) is 11.3 Å². The Bertz CT molecular complexity index is 915. The van der Waals surface area contributed by atoms with Crippen LogP contribution in [0.5, 0.6) is 0 Å². The molecule has 3 heteroatoms. The maximum absolute atomic E-state index is 12.0. The maximum Gasteiger partial charge on any atom is 0.209 e. The number of ketones is 1. The van der Waals surface area contributed by atoms with Crippen LogP contribution in [0.4, 0.5) is 5.69 Å². The van der Waals surface area contributed by atoms with E-state index in [1.807, 2.05) is 49.4 Å². The second kappa shape index (κ2) is 6.82. The summed E-state index contributed by atoms with van der Waals surface area (Å²) in [5.74, 6) is 0.0201. The Morgan fingerprint density at radius 1 is 1.00 bits per heavy atom. The summed E-state index contributed by atoms with van der Waals surface area (Å²) in [6.45, 7) is 11.1. The fourth-order valence-corrected chi connectivity index (χ4v) is 3.90. The van der Waals surface area contributed by atoms with E-state index in [1.54, 1.807) is 6.92 Å². The third-order valence-corrected chi connectivity index (χ3v) is 5.41. The normalized spacial score (nSPS) is 10.4. The summed E-state index contributed by atoms with van der Waals surface area (Å²) in [6, 6.07) is 18.3. The highest BCUT2D eigenvalue weighted by molar-refractivity contribution is 7.15. The van der Waals surface area contributed by atoms with E-state index in [4.69, 9.17) is 6.57 Å². The van der Waals surface area contributed by atoms with Crippen LogP contribution in [0.15, 0.2) is 54.6 Å². The zero-order valence-corrected chi connectivity index (χ0v) is 14.5. The minimum atomic E-state index is 0.0201. The van der Waals surface area contributed by atoms with Crippen molar-refractivity contribution in [1.29, 1.82) is 0 Å². The topological polar surface area (TPSA) is 21.4 Å². The van der Waals surface area contributed by atoms with E-state index in [-0.39, 0.29) is 5.78 Å². The zero-order valence-electron chi connectivity index (χ0n) is 13.7. The summed E-state index contributed by atoms with van der Waals surface area (Å²) in [4.78, 5) is 17.4. The molecule has 1 heterocycles. The molecule has 0 unspecified atom stereocenters. The van der Waals surface area contributed by atoms with Gasteiger partial charge in [-0.2, -0.15) is 0 Å². The van der Waals surface area contributed by atoms with Gasteiger partial charge in [0.15, 0.2) is 5.78 Å². The van der Waals surface area contributed by atoms with Crippen LogP contribution >= 0.6 is 11.3 Å². The molecular formula is C21H17NOS. The van der Waals surface area contributed by atoms with Crippen molar-refractivity contribution in [3.63, 3.8) is 0 Å². The number of carbonyl (C=O) groups is 1. The van der Waals surface area contributed by atoms with Gasteiger partial charge < -0.3 is 0 Å². The number of nitrogens with zero attached hydrogens (tertiary/aromatic N) is 1. The monoisotopic (exact) mass is 331 g/mol. The van der Waals surface area contributed by atoms with E-state index >= 15 is 0 Å². The van der Waals surface area contributed by atoms with Crippen molar-refractivity contribution in [2.75, 3.05) is 0 Å². The largest absolute Gasteiger partial charge is 0.294 e. The number of thiophene rings is 1. The first-order valence-electron chi connectivity index (χ1n) is 7.85. The lowest BCUT2D eigenvalue weighted by atomic mass is 9.98. The Labute approximate surface area is 146 Å². The van der Waals surface area contributed by atoms with Gasteiger partial charge in [0.05, 0.1) is 11.4 Å². The smallest absolute Gasteiger partial charge is 0.209 e. The lowest BCUT2D eigenvalue weighted by molar-refractivity contribution is 0.102. The van der Waals surface area contributed by atoms with Crippen molar-refractivity contribution in [3.05, 3.63) is 75.8 Å². The van der Waals surface area contributed by atoms with E-state index in [1.165, 1.54) is 11.3 Å². The Kier molecular flexibility index (Phi) is 4.59. The van der Waals surface area contributed by atoms with Crippen molar-refractivity contribution in [2.45, 2.75) is 20.3 Å². The predicted octanol–water partition coefficient (Wildman–Crippen LogP) is 6.40. The standard InChI is InChI=1S/C21H17NOS/c1-4-18-20(22-3)19(21(24-18)14(2)23)17-12-10-16(11-13-17)15-8-6-5-7-9-15/h5-13H,4H2,1-2H3. The number of hydrogen-bond acceptors (Lipinski definition) is 2. The van der Waals surface area contributed by atoms with Crippen molar-refractivity contribution in [3.8, 4) is 22.3 Å². The van der Waals surface area contributed by atoms with E-state index in [9.17, 15) is 4.79 Å². The van der Waals surface area contributed by atoms with Crippen molar-refractivity contribution in [2.24, 2.45) is 0 Å². The van der Waals surface area contributed by atoms with Crippen LogP contribution in [0.3, 0.4) is 0 Å². The number of hydrogen-bond donors (Lipinski definition) is 0. The first-order valence-corrected chi connectivity index (χ1v) is 8.67. The Morgan fingerprint density at radius 2 is 1.58 bits per heavy atom. The summed E-state index contributed by atoms with van der Waals surface area (Å²) in [5.41, 5.74) is 4.63. The number of Topliss-reactive ketones (excluding diaryl/α,β-unsaturated/α-hetero) is 1. The molecule has 118 valence electrons. The molecule has 0 fully saturated rings. The minimum absolute atomic E-state index is 0.0201. The molecular weight excluding hydrogens is 314 g/mol. The molecule has 0 saturated carbocycles. The molecule has 2 aromatic carbocycles. The third-order valence-electron chi connectivity index (χ3n) is 3.99. The fraction of sp³-hybridized carbons (Fsp3) is 0.143. The molecule has 0 N–H and O–H groups in total.